The summed E-state index contributed by atoms with van der Waals surface area (Å²) in [6.07, 6.45) is 2.89. The van der Waals surface area contributed by atoms with Gasteiger partial charge < -0.3 is 19.1 Å². The summed E-state index contributed by atoms with van der Waals surface area (Å²) in [5.41, 5.74) is 0.669. The van der Waals surface area contributed by atoms with Crippen LogP contribution in [0, 0.1) is 11.8 Å². The molecule has 39 heavy (non-hydrogen) atoms. The fourth-order valence-electron chi connectivity index (χ4n) is 5.68. The average Bonchev–Trinajstić information content (AvgIpc) is 3.65. The maximum atomic E-state index is 14.0. The fraction of sp³-hybridized carbons (Fsp3) is 0.621. The number of likely N-dealkylation sites (tertiary alicyclic amines) is 1. The number of rotatable bonds is 7. The van der Waals surface area contributed by atoms with Crippen LogP contribution in [0.1, 0.15) is 81.7 Å². The number of carbonyl (C=O) groups is 1. The van der Waals surface area contributed by atoms with Gasteiger partial charge in [0.15, 0.2) is 5.82 Å². The first-order valence-corrected chi connectivity index (χ1v) is 14.1. The third kappa shape index (κ3) is 6.41. The van der Waals surface area contributed by atoms with Crippen LogP contribution in [0.3, 0.4) is 0 Å². The van der Waals surface area contributed by atoms with E-state index in [9.17, 15) is 18.0 Å². The summed E-state index contributed by atoms with van der Waals surface area (Å²) < 4.78 is 53.2. The second-order valence-corrected chi connectivity index (χ2v) is 11.3. The van der Waals surface area contributed by atoms with Crippen LogP contribution in [0.4, 0.5) is 19.2 Å². The van der Waals surface area contributed by atoms with E-state index >= 15 is 0 Å². The first kappa shape index (κ1) is 27.5. The highest BCUT2D eigenvalue weighted by atomic mass is 19.4. The van der Waals surface area contributed by atoms with E-state index in [0.29, 0.717) is 49.8 Å². The Balaban J connectivity index is 1.19. The summed E-state index contributed by atoms with van der Waals surface area (Å²) in [7, 11) is 0. The summed E-state index contributed by atoms with van der Waals surface area (Å²) in [4.78, 5) is 21.1. The lowest BCUT2D eigenvalue weighted by Crippen LogP contribution is -2.35. The second-order valence-electron chi connectivity index (χ2n) is 11.3. The molecule has 0 N–H and O–H groups in total. The van der Waals surface area contributed by atoms with Crippen molar-refractivity contribution in [2.24, 2.45) is 11.8 Å². The van der Waals surface area contributed by atoms with E-state index in [2.05, 4.69) is 10.1 Å². The van der Waals surface area contributed by atoms with Gasteiger partial charge in [-0.1, -0.05) is 31.1 Å². The molecule has 5 rings (SSSR count). The molecule has 1 amide bonds. The van der Waals surface area contributed by atoms with E-state index in [1.165, 1.54) is 12.1 Å². The first-order chi connectivity index (χ1) is 18.7. The maximum Gasteiger partial charge on any atom is 0.419 e. The minimum Gasteiger partial charge on any atom is -0.493 e. The molecule has 0 bridgehead atoms. The van der Waals surface area contributed by atoms with E-state index in [1.54, 1.807) is 6.07 Å². The third-order valence-electron chi connectivity index (χ3n) is 8.14. The molecule has 2 saturated heterocycles. The number of alkyl halides is 3. The zero-order valence-corrected chi connectivity index (χ0v) is 22.7. The molecule has 1 unspecified atom stereocenters. The van der Waals surface area contributed by atoms with Crippen LogP contribution in [0.15, 0.2) is 28.8 Å². The zero-order chi connectivity index (χ0) is 27.6. The van der Waals surface area contributed by atoms with Gasteiger partial charge >= 0.3 is 12.2 Å². The van der Waals surface area contributed by atoms with Gasteiger partial charge in [-0.15, -0.1) is 0 Å². The summed E-state index contributed by atoms with van der Waals surface area (Å²) in [6, 6.07) is 4.86. The van der Waals surface area contributed by atoms with Crippen molar-refractivity contribution in [3.63, 3.8) is 0 Å². The Hall–Kier alpha value is -3.04. The number of benzene rings is 1. The van der Waals surface area contributed by atoms with Crippen molar-refractivity contribution in [2.45, 2.75) is 70.9 Å². The molecular weight excluding hydrogens is 509 g/mol. The molecule has 3 heterocycles. The molecule has 10 heteroatoms. The van der Waals surface area contributed by atoms with E-state index in [1.807, 2.05) is 29.7 Å². The van der Waals surface area contributed by atoms with Crippen LogP contribution in [0.25, 0.3) is 5.57 Å². The van der Waals surface area contributed by atoms with E-state index < -0.39 is 11.7 Å². The number of anilines is 1. The average molecular weight is 547 g/mol. The smallest absolute Gasteiger partial charge is 0.419 e. The van der Waals surface area contributed by atoms with Gasteiger partial charge in [0.25, 0.3) is 0 Å². The number of hydrogen-bond donors (Lipinski definition) is 0. The molecule has 1 aromatic heterocycles. The molecule has 1 aliphatic carbocycles. The molecule has 7 nitrogen and oxygen atoms in total. The number of carbonyl (C=O) groups excluding carboxylic acids is 1. The molecule has 2 aliphatic heterocycles. The van der Waals surface area contributed by atoms with Crippen LogP contribution in [-0.4, -0.2) is 53.7 Å². The van der Waals surface area contributed by atoms with Crippen molar-refractivity contribution in [3.8, 4) is 5.75 Å². The number of nitrogens with zero attached hydrogens (tertiary/aromatic N) is 4. The van der Waals surface area contributed by atoms with Crippen molar-refractivity contribution >= 4 is 17.5 Å². The minimum absolute atomic E-state index is 0.0694. The highest BCUT2D eigenvalue weighted by molar-refractivity contribution is 5.81. The summed E-state index contributed by atoms with van der Waals surface area (Å²) in [5, 5.41) is 4.01. The summed E-state index contributed by atoms with van der Waals surface area (Å²) in [5.74, 6) is 0.966. The Morgan fingerprint density at radius 1 is 1.13 bits per heavy atom. The molecule has 3 aliphatic rings. The quantitative estimate of drug-likeness (QED) is 0.405. The van der Waals surface area contributed by atoms with Crippen LogP contribution >= 0.6 is 0 Å². The third-order valence-corrected chi connectivity index (χ3v) is 8.14. The number of hydrogen-bond acceptors (Lipinski definition) is 6. The number of allylic oxidation sites excluding steroid dienone is 2. The Bertz CT molecular complexity index is 1180. The van der Waals surface area contributed by atoms with Crippen LogP contribution in [0.2, 0.25) is 0 Å². The zero-order valence-electron chi connectivity index (χ0n) is 22.7. The Morgan fingerprint density at radius 3 is 2.49 bits per heavy atom. The van der Waals surface area contributed by atoms with Gasteiger partial charge in [0, 0.05) is 38.0 Å². The molecular formula is C29H37F3N4O3. The van der Waals surface area contributed by atoms with Crippen LogP contribution in [-0.2, 0) is 11.0 Å². The Kier molecular flexibility index (Phi) is 8.19. The molecule has 1 atom stereocenters. The van der Waals surface area contributed by atoms with Crippen molar-refractivity contribution in [3.05, 3.63) is 41.2 Å². The summed E-state index contributed by atoms with van der Waals surface area (Å²) in [6.45, 7) is 7.24. The first-order valence-electron chi connectivity index (χ1n) is 14.1. The highest BCUT2D eigenvalue weighted by Crippen LogP contribution is 2.40. The van der Waals surface area contributed by atoms with Gasteiger partial charge in [0.05, 0.1) is 12.2 Å². The number of ether oxygens (including phenoxy) is 1. The van der Waals surface area contributed by atoms with Gasteiger partial charge in [0.1, 0.15) is 5.75 Å². The van der Waals surface area contributed by atoms with Gasteiger partial charge in [0.2, 0.25) is 5.91 Å². The minimum atomic E-state index is -4.52. The predicted molar refractivity (Wildman–Crippen MR) is 141 cm³/mol. The Labute approximate surface area is 227 Å². The molecule has 0 saturated carbocycles. The SMILES string of the molecule is CC(C)c1noc(N2CCC(COc3ccc(C4=CCC(C(=O)N5CCCC5)CC4)cc3C(F)(F)F)CC2)n1. The van der Waals surface area contributed by atoms with Crippen molar-refractivity contribution in [1.29, 1.82) is 0 Å². The van der Waals surface area contributed by atoms with Crippen molar-refractivity contribution < 1.29 is 27.2 Å². The van der Waals surface area contributed by atoms with Gasteiger partial charge in [-0.3, -0.25) is 4.79 Å². The second kappa shape index (κ2) is 11.6. The number of aromatic nitrogens is 2. The van der Waals surface area contributed by atoms with E-state index in [0.717, 1.165) is 44.3 Å². The Morgan fingerprint density at radius 2 is 1.87 bits per heavy atom. The number of amides is 1. The predicted octanol–water partition coefficient (Wildman–Crippen LogP) is 6.31. The molecule has 212 valence electrons. The van der Waals surface area contributed by atoms with E-state index in [4.69, 9.17) is 9.26 Å². The van der Waals surface area contributed by atoms with Crippen LogP contribution < -0.4 is 9.64 Å². The standard InChI is InChI=1S/C29H37F3N4O3/c1-19(2)26-33-28(39-34-26)36-15-11-20(12-16-36)18-38-25-10-9-23(17-24(25)29(30,31)32)21-5-7-22(8-6-21)27(37)35-13-3-4-14-35/h5,9-10,17,19-20,22H,3-4,6-8,11-16,18H2,1-2H3. The lowest BCUT2D eigenvalue weighted by Gasteiger charge is -2.30. The normalized spacial score (nSPS) is 21.0. The highest BCUT2D eigenvalue weighted by Gasteiger charge is 2.36. The lowest BCUT2D eigenvalue weighted by atomic mass is 9.85. The number of piperidine rings is 1. The van der Waals surface area contributed by atoms with Gasteiger partial charge in [-0.25, -0.2) is 0 Å². The largest absolute Gasteiger partial charge is 0.493 e. The van der Waals surface area contributed by atoms with Crippen molar-refractivity contribution in [2.75, 3.05) is 37.7 Å². The molecule has 1 aromatic carbocycles. The summed E-state index contributed by atoms with van der Waals surface area (Å²) >= 11 is 0. The topological polar surface area (TPSA) is 71.7 Å². The molecule has 0 spiro atoms. The van der Waals surface area contributed by atoms with Crippen LogP contribution in [0.5, 0.6) is 5.75 Å². The van der Waals surface area contributed by atoms with Gasteiger partial charge in [-0.05, 0) is 74.1 Å². The van der Waals surface area contributed by atoms with Gasteiger partial charge in [-0.2, -0.15) is 18.2 Å². The molecule has 2 aromatic rings. The number of halogens is 3. The molecule has 2 fully saturated rings. The van der Waals surface area contributed by atoms with Crippen molar-refractivity contribution in [1.82, 2.24) is 15.0 Å². The fourth-order valence-corrected chi connectivity index (χ4v) is 5.68. The van der Waals surface area contributed by atoms with E-state index in [-0.39, 0.29) is 36.0 Å². The monoisotopic (exact) mass is 546 g/mol. The molecule has 0 radical (unpaired) electrons. The maximum absolute atomic E-state index is 14.0. The lowest BCUT2D eigenvalue weighted by molar-refractivity contribution is -0.139.